The first-order chi connectivity index (χ1) is 8.97. The van der Waals surface area contributed by atoms with E-state index in [9.17, 15) is 9.90 Å². The van der Waals surface area contributed by atoms with Gasteiger partial charge >= 0.3 is 5.97 Å². The fourth-order valence-corrected chi connectivity index (χ4v) is 2.23. The van der Waals surface area contributed by atoms with Crippen LogP contribution in [-0.4, -0.2) is 31.9 Å². The summed E-state index contributed by atoms with van der Waals surface area (Å²) in [7, 11) is 2.94. The molecule has 1 aromatic carbocycles. The molecule has 0 saturated heterocycles. The predicted molar refractivity (Wildman–Crippen MR) is 73.6 cm³/mol. The first-order valence-corrected chi connectivity index (χ1v) is 6.52. The summed E-state index contributed by atoms with van der Waals surface area (Å²) < 4.78 is 15.8. The van der Waals surface area contributed by atoms with Crippen molar-refractivity contribution in [3.63, 3.8) is 0 Å². The van der Waals surface area contributed by atoms with Crippen molar-refractivity contribution in [1.82, 2.24) is 0 Å². The van der Waals surface area contributed by atoms with Gasteiger partial charge in [-0.25, -0.2) is 4.79 Å². The van der Waals surface area contributed by atoms with Gasteiger partial charge in [-0.2, -0.15) is 0 Å². The Kier molecular flexibility index (Phi) is 5.62. The molecule has 0 radical (unpaired) electrons. The van der Waals surface area contributed by atoms with Gasteiger partial charge in [0.1, 0.15) is 0 Å². The Hall–Kier alpha value is -1.27. The van der Waals surface area contributed by atoms with Gasteiger partial charge in [-0.3, -0.25) is 0 Å². The van der Waals surface area contributed by atoms with Gasteiger partial charge < -0.3 is 19.3 Å². The topological polar surface area (TPSA) is 65.0 Å². The molecule has 1 atom stereocenters. The quantitative estimate of drug-likeness (QED) is 0.838. The van der Waals surface area contributed by atoms with Crippen molar-refractivity contribution in [2.75, 3.05) is 20.8 Å². The fourth-order valence-electron chi connectivity index (χ4n) is 1.72. The number of carbonyl (C=O) groups excluding carboxylic acids is 1. The van der Waals surface area contributed by atoms with Crippen molar-refractivity contribution >= 4 is 21.9 Å². The maximum atomic E-state index is 11.7. The minimum atomic E-state index is -1.43. The molecule has 1 N–H and O–H groups in total. The van der Waals surface area contributed by atoms with Crippen molar-refractivity contribution < 1.29 is 24.1 Å². The zero-order valence-electron chi connectivity index (χ0n) is 11.3. The summed E-state index contributed by atoms with van der Waals surface area (Å²) in [4.78, 5) is 11.7. The molecule has 0 saturated carbocycles. The van der Waals surface area contributed by atoms with Crippen LogP contribution < -0.4 is 9.47 Å². The van der Waals surface area contributed by atoms with Crippen LogP contribution in [0.2, 0.25) is 0 Å². The van der Waals surface area contributed by atoms with Gasteiger partial charge in [-0.15, -0.1) is 0 Å². The van der Waals surface area contributed by atoms with Gasteiger partial charge in [0, 0.05) is 4.47 Å². The fraction of sp³-hybridized carbons (Fsp3) is 0.462. The van der Waals surface area contributed by atoms with Gasteiger partial charge in [0.05, 0.1) is 26.4 Å². The van der Waals surface area contributed by atoms with Crippen molar-refractivity contribution in [2.24, 2.45) is 0 Å². The molecule has 0 bridgehead atoms. The summed E-state index contributed by atoms with van der Waals surface area (Å²) in [6.07, 6.45) is -1.43. The Labute approximate surface area is 120 Å². The first kappa shape index (κ1) is 15.8. The van der Waals surface area contributed by atoms with E-state index in [1.54, 1.807) is 13.0 Å². The number of esters is 1. The molecule has 1 aromatic rings. The first-order valence-electron chi connectivity index (χ1n) is 5.73. The standard InChI is InChI=1S/C13H17BrO5/c1-5-19-13(16)11(15)9-10(14)7(2)6-8(17-3)12(9)18-4/h6,11,15H,5H2,1-4H3. The Morgan fingerprint density at radius 3 is 2.53 bits per heavy atom. The van der Waals surface area contributed by atoms with Gasteiger partial charge in [0.15, 0.2) is 17.6 Å². The molecule has 0 fully saturated rings. The van der Waals surface area contributed by atoms with Crippen molar-refractivity contribution in [3.8, 4) is 11.5 Å². The summed E-state index contributed by atoms with van der Waals surface area (Å²) in [5, 5.41) is 10.1. The highest BCUT2D eigenvalue weighted by Gasteiger charge is 2.28. The van der Waals surface area contributed by atoms with E-state index in [1.807, 2.05) is 6.92 Å². The molecular weight excluding hydrogens is 316 g/mol. The number of carbonyl (C=O) groups is 1. The molecule has 0 spiro atoms. The van der Waals surface area contributed by atoms with Gasteiger partial charge in [0.25, 0.3) is 0 Å². The summed E-state index contributed by atoms with van der Waals surface area (Å²) in [5.74, 6) is 0.0243. The summed E-state index contributed by atoms with van der Waals surface area (Å²) in [6, 6.07) is 1.75. The Morgan fingerprint density at radius 1 is 1.42 bits per heavy atom. The summed E-state index contributed by atoms with van der Waals surface area (Å²) >= 11 is 3.35. The molecule has 19 heavy (non-hydrogen) atoms. The van der Waals surface area contributed by atoms with E-state index < -0.39 is 12.1 Å². The predicted octanol–water partition coefficient (Wildman–Crippen LogP) is 2.37. The third kappa shape index (κ3) is 3.19. The molecule has 0 heterocycles. The number of benzene rings is 1. The summed E-state index contributed by atoms with van der Waals surface area (Å²) in [6.45, 7) is 3.69. The normalized spacial score (nSPS) is 11.9. The smallest absolute Gasteiger partial charge is 0.339 e. The van der Waals surface area contributed by atoms with Crippen LogP contribution in [0.5, 0.6) is 11.5 Å². The minimum Gasteiger partial charge on any atom is -0.493 e. The number of rotatable bonds is 5. The lowest BCUT2D eigenvalue weighted by atomic mass is 10.0. The average Bonchev–Trinajstić information content (AvgIpc) is 2.40. The van der Waals surface area contributed by atoms with Gasteiger partial charge in [0.2, 0.25) is 0 Å². The van der Waals surface area contributed by atoms with Crippen LogP contribution in [0.3, 0.4) is 0 Å². The highest BCUT2D eigenvalue weighted by molar-refractivity contribution is 9.10. The molecular formula is C13H17BrO5. The zero-order chi connectivity index (χ0) is 14.6. The second-order valence-electron chi connectivity index (χ2n) is 3.81. The monoisotopic (exact) mass is 332 g/mol. The van der Waals surface area contributed by atoms with E-state index in [4.69, 9.17) is 14.2 Å². The molecule has 0 aromatic heterocycles. The van der Waals surface area contributed by atoms with E-state index >= 15 is 0 Å². The lowest BCUT2D eigenvalue weighted by molar-refractivity contribution is -0.153. The zero-order valence-corrected chi connectivity index (χ0v) is 12.9. The Morgan fingerprint density at radius 2 is 2.05 bits per heavy atom. The van der Waals surface area contributed by atoms with E-state index in [0.29, 0.717) is 21.5 Å². The Bertz CT molecular complexity index is 473. The molecule has 0 aliphatic carbocycles. The van der Waals surface area contributed by atoms with Crippen molar-refractivity contribution in [3.05, 3.63) is 21.7 Å². The highest BCUT2D eigenvalue weighted by atomic mass is 79.9. The average molecular weight is 333 g/mol. The van der Waals surface area contributed by atoms with Crippen LogP contribution in [-0.2, 0) is 9.53 Å². The number of methoxy groups -OCH3 is 2. The number of ether oxygens (including phenoxy) is 3. The van der Waals surface area contributed by atoms with E-state index in [1.165, 1.54) is 14.2 Å². The molecule has 0 aliphatic heterocycles. The van der Waals surface area contributed by atoms with Crippen LogP contribution in [0.1, 0.15) is 24.2 Å². The number of aliphatic hydroxyl groups excluding tert-OH is 1. The maximum Gasteiger partial charge on any atom is 0.339 e. The van der Waals surface area contributed by atoms with Crippen LogP contribution in [0.4, 0.5) is 0 Å². The van der Waals surface area contributed by atoms with Crippen LogP contribution in [0, 0.1) is 6.92 Å². The number of hydrogen-bond donors (Lipinski definition) is 1. The van der Waals surface area contributed by atoms with Crippen molar-refractivity contribution in [1.29, 1.82) is 0 Å². The highest BCUT2D eigenvalue weighted by Crippen LogP contribution is 2.42. The second-order valence-corrected chi connectivity index (χ2v) is 4.60. The molecule has 106 valence electrons. The van der Waals surface area contributed by atoms with E-state index in [0.717, 1.165) is 5.56 Å². The molecule has 5 nitrogen and oxygen atoms in total. The molecule has 1 unspecified atom stereocenters. The third-order valence-electron chi connectivity index (χ3n) is 2.61. The maximum absolute atomic E-state index is 11.7. The lowest BCUT2D eigenvalue weighted by Gasteiger charge is -2.19. The number of halogens is 1. The largest absolute Gasteiger partial charge is 0.493 e. The molecule has 6 heteroatoms. The Balaban J connectivity index is 3.38. The van der Waals surface area contributed by atoms with Gasteiger partial charge in [-0.1, -0.05) is 0 Å². The SMILES string of the molecule is CCOC(=O)C(O)c1c(Br)c(C)cc(OC)c1OC. The molecule has 0 amide bonds. The number of aryl methyl sites for hydroxylation is 1. The van der Waals surface area contributed by atoms with Gasteiger partial charge in [-0.05, 0) is 41.4 Å². The van der Waals surface area contributed by atoms with Crippen LogP contribution in [0.25, 0.3) is 0 Å². The van der Waals surface area contributed by atoms with Crippen LogP contribution in [0.15, 0.2) is 10.5 Å². The van der Waals surface area contributed by atoms with Crippen LogP contribution >= 0.6 is 15.9 Å². The lowest BCUT2D eigenvalue weighted by Crippen LogP contribution is -2.17. The van der Waals surface area contributed by atoms with E-state index in [-0.39, 0.29) is 6.61 Å². The summed E-state index contributed by atoms with van der Waals surface area (Å²) in [5.41, 5.74) is 1.12. The number of hydrogen-bond acceptors (Lipinski definition) is 5. The minimum absolute atomic E-state index is 0.193. The third-order valence-corrected chi connectivity index (χ3v) is 3.66. The molecule has 1 rings (SSSR count). The number of aliphatic hydroxyl groups is 1. The van der Waals surface area contributed by atoms with Crippen molar-refractivity contribution in [2.45, 2.75) is 20.0 Å². The van der Waals surface area contributed by atoms with E-state index in [2.05, 4.69) is 15.9 Å². The second kappa shape index (κ2) is 6.77. The molecule has 0 aliphatic rings.